The predicted molar refractivity (Wildman–Crippen MR) is 136 cm³/mol. The molecule has 36 heavy (non-hydrogen) atoms. The lowest BCUT2D eigenvalue weighted by atomic mass is 9.68. The number of Topliss-reactive ketones (excluding diaryl/α,β-unsaturated/α-hetero) is 1. The Morgan fingerprint density at radius 2 is 1.89 bits per heavy atom. The van der Waals surface area contributed by atoms with Crippen molar-refractivity contribution in [3.63, 3.8) is 0 Å². The van der Waals surface area contributed by atoms with Gasteiger partial charge in [0, 0.05) is 29.3 Å². The minimum Gasteiger partial charge on any atom is -0.508 e. The number of halogens is 1. The second-order valence-electron chi connectivity index (χ2n) is 10.2. The summed E-state index contributed by atoms with van der Waals surface area (Å²) < 4.78 is 20.2. The summed E-state index contributed by atoms with van der Waals surface area (Å²) in [5, 5.41) is 10.2. The van der Waals surface area contributed by atoms with E-state index >= 15 is 0 Å². The minimum atomic E-state index is -0.714. The quantitative estimate of drug-likeness (QED) is 0.501. The van der Waals surface area contributed by atoms with Crippen LogP contribution in [0, 0.1) is 18.7 Å². The van der Waals surface area contributed by atoms with Crippen molar-refractivity contribution in [3.8, 4) is 5.75 Å². The minimum absolute atomic E-state index is 0.0781. The molecule has 188 valence electrons. The lowest BCUT2D eigenvalue weighted by molar-refractivity contribution is -0.151. The first-order valence-corrected chi connectivity index (χ1v) is 12.9. The van der Waals surface area contributed by atoms with Crippen molar-refractivity contribution in [2.75, 3.05) is 0 Å². The molecule has 3 aliphatic rings. The molecule has 5 nitrogen and oxygen atoms in total. The summed E-state index contributed by atoms with van der Waals surface area (Å²) >= 11 is 0. The molecular formula is C30H32FNO4. The molecule has 0 spiro atoms. The van der Waals surface area contributed by atoms with Crippen LogP contribution in [-0.4, -0.2) is 28.7 Å². The Morgan fingerprint density at radius 3 is 2.58 bits per heavy atom. The average Bonchev–Trinajstić information content (AvgIpc) is 3.37. The van der Waals surface area contributed by atoms with Crippen molar-refractivity contribution in [1.29, 1.82) is 0 Å². The summed E-state index contributed by atoms with van der Waals surface area (Å²) in [6.45, 7) is 3.67. The van der Waals surface area contributed by atoms with E-state index < -0.39 is 11.8 Å². The summed E-state index contributed by atoms with van der Waals surface area (Å²) in [5.74, 6) is -2.11. The number of ether oxygens (including phenoxy) is 1. The molecular weight excluding hydrogens is 457 g/mol. The Hall–Kier alpha value is -3.28. The van der Waals surface area contributed by atoms with Crippen molar-refractivity contribution < 1.29 is 23.8 Å². The number of hydrogen-bond donors (Lipinski definition) is 1. The Kier molecular flexibility index (Phi) is 6.78. The molecule has 1 N–H and O–H groups in total. The van der Waals surface area contributed by atoms with E-state index in [4.69, 9.17) is 9.73 Å². The van der Waals surface area contributed by atoms with Crippen LogP contribution in [0.25, 0.3) is 0 Å². The van der Waals surface area contributed by atoms with Crippen LogP contribution in [0.4, 0.5) is 4.39 Å². The van der Waals surface area contributed by atoms with Crippen LogP contribution in [0.3, 0.4) is 0 Å². The number of ketones is 1. The number of esters is 1. The zero-order chi connectivity index (χ0) is 25.4. The number of nitrogens with zero attached hydrogens (tertiary/aromatic N) is 1. The molecule has 1 heterocycles. The zero-order valence-electron chi connectivity index (χ0n) is 20.8. The highest BCUT2D eigenvalue weighted by atomic mass is 19.1. The summed E-state index contributed by atoms with van der Waals surface area (Å²) in [7, 11) is 0. The molecule has 1 saturated carbocycles. The van der Waals surface area contributed by atoms with Crippen LogP contribution < -0.4 is 0 Å². The maximum atomic E-state index is 14.3. The van der Waals surface area contributed by atoms with Crippen molar-refractivity contribution in [3.05, 3.63) is 76.2 Å². The lowest BCUT2D eigenvalue weighted by Crippen LogP contribution is -2.39. The molecule has 2 aliphatic carbocycles. The molecule has 0 radical (unpaired) electrons. The van der Waals surface area contributed by atoms with Gasteiger partial charge in [0.05, 0.1) is 0 Å². The molecule has 3 unspecified atom stereocenters. The monoisotopic (exact) mass is 489 g/mol. The summed E-state index contributed by atoms with van der Waals surface area (Å²) in [6, 6.07) is 11.9. The van der Waals surface area contributed by atoms with Crippen LogP contribution in [0.15, 0.2) is 58.7 Å². The molecule has 6 heteroatoms. The number of benzene rings is 2. The van der Waals surface area contributed by atoms with Crippen molar-refractivity contribution in [1.82, 2.24) is 0 Å². The van der Waals surface area contributed by atoms with Gasteiger partial charge in [-0.15, -0.1) is 0 Å². The molecule has 0 bridgehead atoms. The smallest absolute Gasteiger partial charge is 0.315 e. The number of phenolic OH excluding ortho intramolecular Hbond substituents is 1. The molecule has 1 fully saturated rings. The van der Waals surface area contributed by atoms with E-state index in [9.17, 15) is 19.1 Å². The van der Waals surface area contributed by atoms with Crippen molar-refractivity contribution in [2.45, 2.75) is 76.7 Å². The lowest BCUT2D eigenvalue weighted by Gasteiger charge is -2.37. The maximum Gasteiger partial charge on any atom is 0.315 e. The van der Waals surface area contributed by atoms with Gasteiger partial charge in [-0.2, -0.15) is 0 Å². The Morgan fingerprint density at radius 1 is 1.11 bits per heavy atom. The summed E-state index contributed by atoms with van der Waals surface area (Å²) in [5.41, 5.74) is 3.92. The van der Waals surface area contributed by atoms with E-state index in [2.05, 4.69) is 0 Å². The fourth-order valence-electron chi connectivity index (χ4n) is 5.96. The van der Waals surface area contributed by atoms with Gasteiger partial charge in [-0.05, 0) is 86.3 Å². The van der Waals surface area contributed by atoms with Gasteiger partial charge in [-0.3, -0.25) is 14.6 Å². The molecule has 0 saturated heterocycles. The van der Waals surface area contributed by atoms with E-state index in [-0.39, 0.29) is 41.8 Å². The maximum absolute atomic E-state index is 14.3. The number of carbonyl (C=O) groups excluding carboxylic acids is 2. The van der Waals surface area contributed by atoms with Crippen molar-refractivity contribution >= 4 is 17.5 Å². The van der Waals surface area contributed by atoms with Crippen LogP contribution in [-0.2, 0) is 14.3 Å². The Balaban J connectivity index is 1.57. The average molecular weight is 490 g/mol. The first-order chi connectivity index (χ1) is 17.4. The van der Waals surface area contributed by atoms with Gasteiger partial charge in [0.2, 0.25) is 0 Å². The first kappa shape index (κ1) is 24.4. The molecule has 1 aliphatic heterocycles. The third kappa shape index (κ3) is 4.61. The highest BCUT2D eigenvalue weighted by Gasteiger charge is 2.46. The van der Waals surface area contributed by atoms with Crippen LogP contribution in [0.2, 0.25) is 0 Å². The summed E-state index contributed by atoms with van der Waals surface area (Å²) in [6.07, 6.45) is 4.95. The molecule has 2 aromatic rings. The molecule has 3 atom stereocenters. The predicted octanol–water partition coefficient (Wildman–Crippen LogP) is 6.29. The van der Waals surface area contributed by atoms with E-state index in [1.165, 1.54) is 6.07 Å². The van der Waals surface area contributed by atoms with E-state index in [1.54, 1.807) is 31.2 Å². The van der Waals surface area contributed by atoms with Gasteiger partial charge >= 0.3 is 5.97 Å². The topological polar surface area (TPSA) is 76.0 Å². The number of aliphatic imine (C=N–C) groups is 1. The van der Waals surface area contributed by atoms with Crippen molar-refractivity contribution in [2.24, 2.45) is 10.9 Å². The number of phenols is 1. The van der Waals surface area contributed by atoms with Gasteiger partial charge in [0.1, 0.15) is 23.6 Å². The van der Waals surface area contributed by atoms with E-state index in [0.29, 0.717) is 41.0 Å². The summed E-state index contributed by atoms with van der Waals surface area (Å²) in [4.78, 5) is 32.2. The SMILES string of the molecule is CCC1=NC2=C(C(=O)CC(c3ccc(C)c(F)c3)C2)C(c2cccc(O)c2)C1C(=O)OC1CCCC1. The molecule has 5 rings (SSSR count). The fraction of sp³-hybridized carbons (Fsp3) is 0.433. The largest absolute Gasteiger partial charge is 0.508 e. The van der Waals surface area contributed by atoms with Crippen LogP contribution in [0.1, 0.15) is 80.4 Å². The highest BCUT2D eigenvalue weighted by Crippen LogP contribution is 2.48. The second-order valence-corrected chi connectivity index (χ2v) is 10.2. The molecule has 2 aromatic carbocycles. The Bertz CT molecular complexity index is 1260. The number of carbonyl (C=O) groups is 2. The molecule has 0 aromatic heterocycles. The third-order valence-corrected chi connectivity index (χ3v) is 7.86. The number of rotatable bonds is 5. The Labute approximate surface area is 211 Å². The van der Waals surface area contributed by atoms with Gasteiger partial charge in [0.15, 0.2) is 5.78 Å². The highest BCUT2D eigenvalue weighted by molar-refractivity contribution is 6.09. The fourth-order valence-corrected chi connectivity index (χ4v) is 5.96. The van der Waals surface area contributed by atoms with Gasteiger partial charge in [-0.25, -0.2) is 4.39 Å². The molecule has 0 amide bonds. The standard InChI is InChI=1S/C30H32FNO4/c1-3-24-29(30(35)36-22-9-4-5-10-22)27(19-7-6-8-21(33)13-19)28-25(32-24)15-20(16-26(28)34)18-12-11-17(2)23(31)14-18/h6-8,11-14,20,22,27,29,33H,3-5,9-10,15-16H2,1-2H3. The van der Waals surface area contributed by atoms with Gasteiger partial charge in [-0.1, -0.05) is 31.2 Å². The zero-order valence-corrected chi connectivity index (χ0v) is 20.8. The number of aryl methyl sites for hydroxylation is 1. The number of hydrogen-bond acceptors (Lipinski definition) is 5. The number of allylic oxidation sites excluding steroid dienone is 2. The number of aromatic hydroxyl groups is 1. The van der Waals surface area contributed by atoms with Crippen LogP contribution in [0.5, 0.6) is 5.75 Å². The van der Waals surface area contributed by atoms with Crippen LogP contribution >= 0.6 is 0 Å². The van der Waals surface area contributed by atoms with E-state index in [0.717, 1.165) is 31.2 Å². The second kappa shape index (κ2) is 10.00. The first-order valence-electron chi connectivity index (χ1n) is 12.9. The van der Waals surface area contributed by atoms with Gasteiger partial charge in [0.25, 0.3) is 0 Å². The van der Waals surface area contributed by atoms with Gasteiger partial charge < -0.3 is 9.84 Å². The normalized spacial score (nSPS) is 24.5. The third-order valence-electron chi connectivity index (χ3n) is 7.86. The van der Waals surface area contributed by atoms with E-state index in [1.807, 2.05) is 19.1 Å².